The summed E-state index contributed by atoms with van der Waals surface area (Å²) in [6.45, 7) is 0.547. The van der Waals surface area contributed by atoms with Crippen molar-refractivity contribution in [2.75, 3.05) is 18.4 Å². The summed E-state index contributed by atoms with van der Waals surface area (Å²) in [4.78, 5) is 4.84. The normalized spacial score (nSPS) is 11.9. The maximum Gasteiger partial charge on any atom is 0.257 e. The average Bonchev–Trinajstić information content (AvgIpc) is 3.26. The number of nitrogens with zero attached hydrogens (tertiary/aromatic N) is 4. The number of aromatic nitrogens is 3. The summed E-state index contributed by atoms with van der Waals surface area (Å²) < 4.78 is 28.8. The summed E-state index contributed by atoms with van der Waals surface area (Å²) in [6, 6.07) is 21.3. The summed E-state index contributed by atoms with van der Waals surface area (Å²) in [6.07, 6.45) is 2.17. The van der Waals surface area contributed by atoms with Crippen molar-refractivity contribution in [1.82, 2.24) is 18.4 Å². The standard InChI is InChI=1S/C25H23BClN5O3S/c26-20-16-29-32-24(15-21(30-25(20)32)19-10-3-4-11-22(19)33)28-13-6-14-31(27)36(34,35)23-12-5-8-17-7-1-2-9-18(17)23/h1-5,7-12,15-16,28,33H,6,13-14,26H2. The van der Waals surface area contributed by atoms with Crippen LogP contribution < -0.4 is 10.8 Å². The summed E-state index contributed by atoms with van der Waals surface area (Å²) in [7, 11) is -1.96. The van der Waals surface area contributed by atoms with E-state index in [2.05, 4.69) is 15.4 Å². The molecule has 0 atom stereocenters. The molecule has 0 radical (unpaired) electrons. The van der Waals surface area contributed by atoms with Gasteiger partial charge in [0.25, 0.3) is 10.0 Å². The number of rotatable bonds is 8. The third kappa shape index (κ3) is 4.50. The van der Waals surface area contributed by atoms with Crippen molar-refractivity contribution in [2.24, 2.45) is 0 Å². The molecule has 8 nitrogen and oxygen atoms in total. The van der Waals surface area contributed by atoms with Crippen molar-refractivity contribution < 1.29 is 13.5 Å². The van der Waals surface area contributed by atoms with Gasteiger partial charge >= 0.3 is 0 Å². The molecule has 3 aromatic carbocycles. The lowest BCUT2D eigenvalue weighted by atomic mass is 10.0. The Hall–Kier alpha value is -3.60. The largest absolute Gasteiger partial charge is 0.507 e. The predicted octanol–water partition coefficient (Wildman–Crippen LogP) is 3.16. The molecule has 11 heteroatoms. The number of hydrogen-bond acceptors (Lipinski definition) is 6. The zero-order valence-electron chi connectivity index (χ0n) is 19.5. The molecule has 2 heterocycles. The fraction of sp³-hybridized carbons (Fsp3) is 0.120. The Bertz CT molecular complexity index is 1670. The van der Waals surface area contributed by atoms with Crippen LogP contribution in [0.25, 0.3) is 27.7 Å². The van der Waals surface area contributed by atoms with E-state index >= 15 is 0 Å². The third-order valence-electron chi connectivity index (χ3n) is 5.93. The first kappa shape index (κ1) is 24.1. The first-order chi connectivity index (χ1) is 17.4. The third-order valence-corrected chi connectivity index (χ3v) is 8.26. The zero-order valence-corrected chi connectivity index (χ0v) is 21.0. The molecule has 36 heavy (non-hydrogen) atoms. The van der Waals surface area contributed by atoms with Crippen LogP contribution in [0.2, 0.25) is 0 Å². The lowest BCUT2D eigenvalue weighted by Gasteiger charge is -2.16. The van der Waals surface area contributed by atoms with Gasteiger partial charge in [0.1, 0.15) is 19.4 Å². The smallest absolute Gasteiger partial charge is 0.257 e. The molecule has 0 saturated carbocycles. The van der Waals surface area contributed by atoms with Crippen LogP contribution in [0.3, 0.4) is 0 Å². The number of para-hydroxylation sites is 1. The van der Waals surface area contributed by atoms with Gasteiger partial charge in [-0.15, -0.1) is 3.82 Å². The van der Waals surface area contributed by atoms with E-state index in [1.54, 1.807) is 59.2 Å². The van der Waals surface area contributed by atoms with Crippen LogP contribution in [0.4, 0.5) is 5.82 Å². The topological polar surface area (TPSA) is 99.8 Å². The second-order valence-electron chi connectivity index (χ2n) is 8.38. The number of benzene rings is 3. The highest BCUT2D eigenvalue weighted by molar-refractivity contribution is 7.90. The molecule has 2 aromatic heterocycles. The van der Waals surface area contributed by atoms with Crippen LogP contribution in [-0.2, 0) is 10.0 Å². The number of fused-ring (bicyclic) bond motifs is 2. The van der Waals surface area contributed by atoms with E-state index in [1.165, 1.54) is 0 Å². The SMILES string of the molecule is Bc1cnn2c(NCCCN(Cl)S(=O)(=O)c3cccc4ccccc34)cc(-c3ccccc3O)nc12. The summed E-state index contributed by atoms with van der Waals surface area (Å²) in [5.41, 5.74) is 2.76. The van der Waals surface area contributed by atoms with Gasteiger partial charge in [-0.2, -0.15) is 9.61 Å². The van der Waals surface area contributed by atoms with E-state index in [9.17, 15) is 13.5 Å². The van der Waals surface area contributed by atoms with Gasteiger partial charge in [-0.25, -0.2) is 13.4 Å². The second kappa shape index (κ2) is 9.81. The van der Waals surface area contributed by atoms with Gasteiger partial charge in [-0.3, -0.25) is 0 Å². The Morgan fingerprint density at radius 2 is 1.81 bits per heavy atom. The van der Waals surface area contributed by atoms with Crippen LogP contribution in [0.1, 0.15) is 6.42 Å². The average molecular weight is 520 g/mol. The molecule has 0 unspecified atom stereocenters. The first-order valence-electron chi connectivity index (χ1n) is 11.4. The molecule has 0 amide bonds. The maximum atomic E-state index is 13.1. The first-order valence-corrected chi connectivity index (χ1v) is 13.2. The van der Waals surface area contributed by atoms with Crippen LogP contribution in [0, 0.1) is 0 Å². The fourth-order valence-electron chi connectivity index (χ4n) is 4.09. The van der Waals surface area contributed by atoms with Crippen molar-refractivity contribution in [1.29, 1.82) is 0 Å². The molecule has 0 aliphatic heterocycles. The number of phenols is 1. The molecule has 0 fully saturated rings. The molecule has 5 rings (SSSR count). The van der Waals surface area contributed by atoms with Crippen molar-refractivity contribution in [2.45, 2.75) is 11.3 Å². The van der Waals surface area contributed by atoms with Crippen molar-refractivity contribution in [3.05, 3.63) is 79.0 Å². The van der Waals surface area contributed by atoms with Gasteiger partial charge in [-0.1, -0.05) is 48.5 Å². The summed E-state index contributed by atoms with van der Waals surface area (Å²) in [5.74, 6) is 0.804. The Kier molecular flexibility index (Phi) is 6.57. The number of aromatic hydroxyl groups is 1. The van der Waals surface area contributed by atoms with Gasteiger partial charge in [0.05, 0.1) is 10.6 Å². The minimum atomic E-state index is -3.87. The van der Waals surface area contributed by atoms with E-state index in [0.717, 1.165) is 14.7 Å². The molecule has 182 valence electrons. The molecule has 0 spiro atoms. The lowest BCUT2D eigenvalue weighted by molar-refractivity contribution is 0.477. The van der Waals surface area contributed by atoms with Gasteiger partial charge in [0.2, 0.25) is 0 Å². The quantitative estimate of drug-likeness (QED) is 0.186. The van der Waals surface area contributed by atoms with Crippen LogP contribution in [0.15, 0.2) is 83.9 Å². The van der Waals surface area contributed by atoms with Crippen LogP contribution in [-0.4, -0.2) is 52.9 Å². The second-order valence-corrected chi connectivity index (χ2v) is 10.8. The molecule has 0 saturated heterocycles. The van der Waals surface area contributed by atoms with E-state index < -0.39 is 10.0 Å². The van der Waals surface area contributed by atoms with Crippen LogP contribution in [0.5, 0.6) is 5.75 Å². The van der Waals surface area contributed by atoms with Crippen molar-refractivity contribution in [3.8, 4) is 17.0 Å². The number of halogens is 1. The lowest BCUT2D eigenvalue weighted by Crippen LogP contribution is -2.25. The van der Waals surface area contributed by atoms with E-state index in [0.29, 0.717) is 41.1 Å². The van der Waals surface area contributed by atoms with E-state index in [-0.39, 0.29) is 17.2 Å². The molecule has 5 aromatic rings. The molecular weight excluding hydrogens is 497 g/mol. The van der Waals surface area contributed by atoms with Crippen LogP contribution >= 0.6 is 11.8 Å². The number of phenolic OH excluding ortho intramolecular Hbond substituents is 1. The number of sulfonamides is 1. The minimum Gasteiger partial charge on any atom is -0.507 e. The fourth-order valence-corrected chi connectivity index (χ4v) is 5.73. The number of nitrogens with one attached hydrogen (secondary N) is 1. The highest BCUT2D eigenvalue weighted by Crippen LogP contribution is 2.29. The summed E-state index contributed by atoms with van der Waals surface area (Å²) >= 11 is 6.27. The van der Waals surface area contributed by atoms with Gasteiger partial charge in [-0.05, 0) is 47.2 Å². The molecule has 0 aliphatic carbocycles. The van der Waals surface area contributed by atoms with Gasteiger partial charge in [0, 0.05) is 36.3 Å². The van der Waals surface area contributed by atoms with E-state index in [1.807, 2.05) is 32.1 Å². The molecule has 0 aliphatic rings. The van der Waals surface area contributed by atoms with E-state index in [4.69, 9.17) is 11.8 Å². The predicted molar refractivity (Wildman–Crippen MR) is 145 cm³/mol. The molecule has 2 N–H and O–H groups in total. The maximum absolute atomic E-state index is 13.1. The van der Waals surface area contributed by atoms with Gasteiger partial charge in [0.15, 0.2) is 5.65 Å². The van der Waals surface area contributed by atoms with Crippen molar-refractivity contribution in [3.63, 3.8) is 0 Å². The Labute approximate surface area is 214 Å². The zero-order chi connectivity index (χ0) is 25.3. The van der Waals surface area contributed by atoms with Gasteiger partial charge < -0.3 is 10.4 Å². The Morgan fingerprint density at radius 3 is 2.64 bits per heavy atom. The molecular formula is C25H23BClN5O3S. The minimum absolute atomic E-state index is 0.110. The Balaban J connectivity index is 1.32. The Morgan fingerprint density at radius 1 is 1.06 bits per heavy atom. The molecule has 0 bridgehead atoms. The monoisotopic (exact) mass is 519 g/mol. The highest BCUT2D eigenvalue weighted by atomic mass is 35.5. The summed E-state index contributed by atoms with van der Waals surface area (Å²) in [5, 5.41) is 19.5. The number of anilines is 1. The van der Waals surface area contributed by atoms with Crippen molar-refractivity contribution >= 4 is 57.3 Å². The number of hydrogen-bond donors (Lipinski definition) is 2. The highest BCUT2D eigenvalue weighted by Gasteiger charge is 2.24.